The highest BCUT2D eigenvalue weighted by atomic mass is 35.5. The number of halogens is 2. The lowest BCUT2D eigenvalue weighted by atomic mass is 9.84. The SMILES string of the molecule is CC(=O)NCC(C)(C)c1cc(F)c(C)cc1Cl. The van der Waals surface area contributed by atoms with Crippen molar-refractivity contribution in [1.29, 1.82) is 0 Å². The molecule has 0 saturated carbocycles. The highest BCUT2D eigenvalue weighted by molar-refractivity contribution is 6.31. The van der Waals surface area contributed by atoms with Crippen molar-refractivity contribution in [2.75, 3.05) is 6.54 Å². The van der Waals surface area contributed by atoms with E-state index in [0.717, 1.165) is 0 Å². The summed E-state index contributed by atoms with van der Waals surface area (Å²) in [7, 11) is 0. The maximum absolute atomic E-state index is 13.5. The van der Waals surface area contributed by atoms with Gasteiger partial charge in [-0.05, 0) is 30.2 Å². The molecule has 0 aliphatic heterocycles. The maximum atomic E-state index is 13.5. The number of hydrogen-bond acceptors (Lipinski definition) is 1. The van der Waals surface area contributed by atoms with Crippen molar-refractivity contribution in [3.8, 4) is 0 Å². The molecule has 0 radical (unpaired) electrons. The van der Waals surface area contributed by atoms with Gasteiger partial charge in [0, 0.05) is 23.9 Å². The van der Waals surface area contributed by atoms with Crippen LogP contribution < -0.4 is 5.32 Å². The largest absolute Gasteiger partial charge is 0.355 e. The van der Waals surface area contributed by atoms with E-state index in [1.807, 2.05) is 13.8 Å². The van der Waals surface area contributed by atoms with Crippen LogP contribution in [0.25, 0.3) is 0 Å². The van der Waals surface area contributed by atoms with Crippen LogP contribution in [-0.2, 0) is 10.2 Å². The summed E-state index contributed by atoms with van der Waals surface area (Å²) in [4.78, 5) is 10.9. The van der Waals surface area contributed by atoms with Gasteiger partial charge in [0.25, 0.3) is 0 Å². The lowest BCUT2D eigenvalue weighted by Gasteiger charge is -2.26. The second kappa shape index (κ2) is 5.05. The minimum Gasteiger partial charge on any atom is -0.355 e. The maximum Gasteiger partial charge on any atom is 0.216 e. The number of rotatable bonds is 3. The molecule has 0 spiro atoms. The molecule has 1 N–H and O–H groups in total. The molecule has 0 aliphatic carbocycles. The number of carbonyl (C=O) groups excluding carboxylic acids is 1. The second-order valence-electron chi connectivity index (χ2n) is 4.87. The molecular weight excluding hydrogens is 241 g/mol. The predicted octanol–water partition coefficient (Wildman–Crippen LogP) is 3.20. The topological polar surface area (TPSA) is 29.1 Å². The Kier molecular flexibility index (Phi) is 4.15. The summed E-state index contributed by atoms with van der Waals surface area (Å²) in [5.41, 5.74) is 0.821. The van der Waals surface area contributed by atoms with Gasteiger partial charge in [-0.25, -0.2) is 4.39 Å². The van der Waals surface area contributed by atoms with Crippen LogP contribution in [0.1, 0.15) is 31.9 Å². The molecule has 4 heteroatoms. The first kappa shape index (κ1) is 14.0. The molecular formula is C13H17ClFNO. The van der Waals surface area contributed by atoms with Crippen LogP contribution in [0.4, 0.5) is 4.39 Å². The fourth-order valence-corrected chi connectivity index (χ4v) is 2.08. The lowest BCUT2D eigenvalue weighted by Crippen LogP contribution is -2.35. The molecule has 0 fully saturated rings. The van der Waals surface area contributed by atoms with E-state index in [4.69, 9.17) is 11.6 Å². The third kappa shape index (κ3) is 3.43. The van der Waals surface area contributed by atoms with Gasteiger partial charge in [0.1, 0.15) is 5.82 Å². The number of aryl methyl sites for hydroxylation is 1. The molecule has 0 saturated heterocycles. The highest BCUT2D eigenvalue weighted by Gasteiger charge is 2.24. The number of carbonyl (C=O) groups is 1. The standard InChI is InChI=1S/C13H17ClFNO/c1-8-5-11(14)10(6-12(8)15)13(3,4)7-16-9(2)17/h5-6H,7H2,1-4H3,(H,16,17). The molecule has 94 valence electrons. The van der Waals surface area contributed by atoms with E-state index >= 15 is 0 Å². The van der Waals surface area contributed by atoms with Crippen LogP contribution >= 0.6 is 11.6 Å². The lowest BCUT2D eigenvalue weighted by molar-refractivity contribution is -0.119. The van der Waals surface area contributed by atoms with Gasteiger partial charge >= 0.3 is 0 Å². The zero-order valence-electron chi connectivity index (χ0n) is 10.5. The zero-order chi connectivity index (χ0) is 13.2. The Morgan fingerprint density at radius 3 is 2.59 bits per heavy atom. The molecule has 0 aliphatic rings. The average molecular weight is 258 g/mol. The fraction of sp³-hybridized carbons (Fsp3) is 0.462. The van der Waals surface area contributed by atoms with E-state index in [2.05, 4.69) is 5.32 Å². The van der Waals surface area contributed by atoms with Gasteiger partial charge < -0.3 is 5.32 Å². The first-order valence-corrected chi connectivity index (χ1v) is 5.82. The predicted molar refractivity (Wildman–Crippen MR) is 67.9 cm³/mol. The Balaban J connectivity index is 3.05. The van der Waals surface area contributed by atoms with Gasteiger partial charge in [-0.2, -0.15) is 0 Å². The van der Waals surface area contributed by atoms with Crippen LogP contribution in [0, 0.1) is 12.7 Å². The van der Waals surface area contributed by atoms with Gasteiger partial charge in [-0.15, -0.1) is 0 Å². The third-order valence-corrected chi connectivity index (χ3v) is 3.07. The van der Waals surface area contributed by atoms with Crippen LogP contribution in [0.2, 0.25) is 5.02 Å². The van der Waals surface area contributed by atoms with Gasteiger partial charge in [-0.1, -0.05) is 25.4 Å². The van der Waals surface area contributed by atoms with E-state index in [1.165, 1.54) is 13.0 Å². The van der Waals surface area contributed by atoms with E-state index in [1.54, 1.807) is 13.0 Å². The van der Waals surface area contributed by atoms with Crippen molar-refractivity contribution in [1.82, 2.24) is 5.32 Å². The highest BCUT2D eigenvalue weighted by Crippen LogP contribution is 2.31. The van der Waals surface area contributed by atoms with Gasteiger partial charge in [-0.3, -0.25) is 4.79 Å². The van der Waals surface area contributed by atoms with E-state index in [-0.39, 0.29) is 11.7 Å². The Bertz CT molecular complexity index is 443. The van der Waals surface area contributed by atoms with Crippen LogP contribution in [-0.4, -0.2) is 12.5 Å². The van der Waals surface area contributed by atoms with Gasteiger partial charge in [0.2, 0.25) is 5.91 Å². The molecule has 0 atom stereocenters. The summed E-state index contributed by atoms with van der Waals surface area (Å²) in [6.45, 7) is 7.38. The van der Waals surface area contributed by atoms with Crippen molar-refractivity contribution >= 4 is 17.5 Å². The molecule has 1 aromatic carbocycles. The molecule has 0 unspecified atom stereocenters. The molecule has 0 bridgehead atoms. The van der Waals surface area contributed by atoms with E-state index in [9.17, 15) is 9.18 Å². The minimum atomic E-state index is -0.405. The summed E-state index contributed by atoms with van der Waals surface area (Å²) in [6, 6.07) is 3.06. The molecule has 0 aromatic heterocycles. The first-order chi connectivity index (χ1) is 7.74. The summed E-state index contributed by atoms with van der Waals surface area (Å²) < 4.78 is 13.5. The first-order valence-electron chi connectivity index (χ1n) is 5.44. The molecule has 0 heterocycles. The Morgan fingerprint density at radius 2 is 2.06 bits per heavy atom. The third-order valence-electron chi connectivity index (χ3n) is 2.76. The number of benzene rings is 1. The van der Waals surface area contributed by atoms with Crippen molar-refractivity contribution in [3.63, 3.8) is 0 Å². The van der Waals surface area contributed by atoms with E-state index < -0.39 is 5.41 Å². The molecule has 17 heavy (non-hydrogen) atoms. The molecule has 1 aromatic rings. The van der Waals surface area contributed by atoms with Gasteiger partial charge in [0.05, 0.1) is 0 Å². The van der Waals surface area contributed by atoms with Crippen molar-refractivity contribution < 1.29 is 9.18 Å². The molecule has 1 amide bonds. The zero-order valence-corrected chi connectivity index (χ0v) is 11.3. The average Bonchev–Trinajstić information content (AvgIpc) is 2.20. The summed E-state index contributed by atoms with van der Waals surface area (Å²) >= 11 is 6.12. The van der Waals surface area contributed by atoms with Crippen molar-refractivity contribution in [3.05, 3.63) is 34.1 Å². The Hall–Kier alpha value is -1.09. The van der Waals surface area contributed by atoms with Crippen LogP contribution in [0.15, 0.2) is 12.1 Å². The monoisotopic (exact) mass is 257 g/mol. The van der Waals surface area contributed by atoms with Crippen LogP contribution in [0.5, 0.6) is 0 Å². The normalized spacial score (nSPS) is 11.4. The number of nitrogens with one attached hydrogen (secondary N) is 1. The fourth-order valence-electron chi connectivity index (χ4n) is 1.61. The Labute approximate surface area is 106 Å². The van der Waals surface area contributed by atoms with Crippen LogP contribution in [0.3, 0.4) is 0 Å². The Morgan fingerprint density at radius 1 is 1.47 bits per heavy atom. The second-order valence-corrected chi connectivity index (χ2v) is 5.28. The van der Waals surface area contributed by atoms with Crippen molar-refractivity contribution in [2.24, 2.45) is 0 Å². The summed E-state index contributed by atoms with van der Waals surface area (Å²) in [6.07, 6.45) is 0. The molecule has 2 nitrogen and oxygen atoms in total. The number of amides is 1. The quantitative estimate of drug-likeness (QED) is 0.885. The van der Waals surface area contributed by atoms with Crippen molar-refractivity contribution in [2.45, 2.75) is 33.1 Å². The number of hydrogen-bond donors (Lipinski definition) is 1. The summed E-state index contributed by atoms with van der Waals surface area (Å²) in [5, 5.41) is 3.25. The van der Waals surface area contributed by atoms with E-state index in [0.29, 0.717) is 22.7 Å². The summed E-state index contributed by atoms with van der Waals surface area (Å²) in [5.74, 6) is -0.387. The molecule has 1 rings (SSSR count). The van der Waals surface area contributed by atoms with Gasteiger partial charge in [0.15, 0.2) is 0 Å². The minimum absolute atomic E-state index is 0.109. The smallest absolute Gasteiger partial charge is 0.216 e.